The van der Waals surface area contributed by atoms with Gasteiger partial charge < -0.3 is 19.5 Å². The molecule has 10 heteroatoms. The fourth-order valence-electron chi connectivity index (χ4n) is 4.31. The molecule has 1 aliphatic rings. The van der Waals surface area contributed by atoms with E-state index in [-0.39, 0.29) is 28.3 Å². The normalized spacial score (nSPS) is 17.1. The van der Waals surface area contributed by atoms with Gasteiger partial charge in [-0.3, -0.25) is 9.59 Å². The molecule has 1 aliphatic heterocycles. The van der Waals surface area contributed by atoms with Gasteiger partial charge in [0.25, 0.3) is 11.7 Å². The minimum atomic E-state index is -4.58. The molecule has 1 saturated heterocycles. The van der Waals surface area contributed by atoms with Crippen LogP contribution in [0.1, 0.15) is 35.2 Å². The number of carbonyl (C=O) groups excluding carboxylic acids is 2. The first-order valence-electron chi connectivity index (χ1n) is 11.6. The number of ether oxygens (including phenoxy) is 2. The van der Waals surface area contributed by atoms with Gasteiger partial charge in [0.2, 0.25) is 0 Å². The van der Waals surface area contributed by atoms with Crippen LogP contribution in [0.3, 0.4) is 0 Å². The van der Waals surface area contributed by atoms with Crippen molar-refractivity contribution in [3.8, 4) is 11.5 Å². The number of alkyl halides is 3. The summed E-state index contributed by atoms with van der Waals surface area (Å²) in [6.45, 7) is 1.81. The average molecular weight is 546 g/mol. The summed E-state index contributed by atoms with van der Waals surface area (Å²) in [7, 11) is 1.47. The Labute approximate surface area is 221 Å². The number of hydrogen-bond acceptors (Lipinski definition) is 5. The molecule has 1 heterocycles. The number of amides is 1. The molecular formula is C28H23ClF3NO5. The molecular weight excluding hydrogens is 523 g/mol. The van der Waals surface area contributed by atoms with Crippen molar-refractivity contribution in [1.82, 2.24) is 4.90 Å². The van der Waals surface area contributed by atoms with Crippen LogP contribution in [0.5, 0.6) is 11.5 Å². The maximum absolute atomic E-state index is 13.3. The number of carbonyl (C=O) groups is 2. The standard InChI is InChI=1S/C28H23ClF3NO5/c1-3-38-20-11-12-22(29)21(14-20)25(34)23-24(17-7-9-19(37-2)10-8-17)33(27(36)26(23)35)15-16-5-4-6-18(13-16)28(30,31)32/h4-14,24,34H,3,15H2,1-2H3/b25-23+. The van der Waals surface area contributed by atoms with Crippen LogP contribution in [0.15, 0.2) is 72.3 Å². The Balaban J connectivity index is 1.86. The fourth-order valence-corrected chi connectivity index (χ4v) is 4.51. The van der Waals surface area contributed by atoms with Gasteiger partial charge in [0.1, 0.15) is 17.3 Å². The van der Waals surface area contributed by atoms with Crippen molar-refractivity contribution >= 4 is 29.1 Å². The van der Waals surface area contributed by atoms with E-state index in [1.165, 1.54) is 31.4 Å². The van der Waals surface area contributed by atoms with E-state index in [4.69, 9.17) is 21.1 Å². The van der Waals surface area contributed by atoms with Gasteiger partial charge in [-0.25, -0.2) is 0 Å². The molecule has 0 saturated carbocycles. The van der Waals surface area contributed by atoms with Crippen LogP contribution in [-0.2, 0) is 22.3 Å². The number of hydrogen-bond donors (Lipinski definition) is 1. The molecule has 0 bridgehead atoms. The van der Waals surface area contributed by atoms with E-state index in [0.717, 1.165) is 17.0 Å². The lowest BCUT2D eigenvalue weighted by atomic mass is 9.95. The molecule has 1 unspecified atom stereocenters. The molecule has 1 amide bonds. The smallest absolute Gasteiger partial charge is 0.416 e. The Morgan fingerprint density at radius 3 is 2.34 bits per heavy atom. The molecule has 0 spiro atoms. The third-order valence-corrected chi connectivity index (χ3v) is 6.41. The summed E-state index contributed by atoms with van der Waals surface area (Å²) in [5, 5.41) is 11.4. The first kappa shape index (κ1) is 27.1. The third-order valence-electron chi connectivity index (χ3n) is 6.08. The molecule has 3 aromatic carbocycles. The molecule has 0 aliphatic carbocycles. The number of methoxy groups -OCH3 is 1. The lowest BCUT2D eigenvalue weighted by Gasteiger charge is -2.26. The van der Waals surface area contributed by atoms with Crippen LogP contribution in [0.25, 0.3) is 5.76 Å². The van der Waals surface area contributed by atoms with E-state index >= 15 is 0 Å². The first-order chi connectivity index (χ1) is 18.0. The van der Waals surface area contributed by atoms with Crippen molar-refractivity contribution in [2.24, 2.45) is 0 Å². The molecule has 3 aromatic rings. The molecule has 38 heavy (non-hydrogen) atoms. The Hall–Kier alpha value is -3.98. The minimum absolute atomic E-state index is 0.0770. The number of rotatable bonds is 7. The number of halogens is 4. The van der Waals surface area contributed by atoms with Gasteiger partial charge in [-0.15, -0.1) is 0 Å². The summed E-state index contributed by atoms with van der Waals surface area (Å²) in [5.74, 6) is -1.59. The van der Waals surface area contributed by atoms with Crippen molar-refractivity contribution in [2.45, 2.75) is 25.7 Å². The zero-order valence-electron chi connectivity index (χ0n) is 20.4. The Morgan fingerprint density at radius 2 is 1.71 bits per heavy atom. The summed E-state index contributed by atoms with van der Waals surface area (Å²) in [6, 6.07) is 14.4. The van der Waals surface area contributed by atoms with Gasteiger partial charge in [-0.1, -0.05) is 35.9 Å². The summed E-state index contributed by atoms with van der Waals surface area (Å²) >= 11 is 6.33. The quantitative estimate of drug-likeness (QED) is 0.212. The predicted molar refractivity (Wildman–Crippen MR) is 135 cm³/mol. The molecule has 0 aromatic heterocycles. The van der Waals surface area contributed by atoms with Crippen molar-refractivity contribution in [3.05, 3.63) is 99.6 Å². The molecule has 1 N–H and O–H groups in total. The van der Waals surface area contributed by atoms with Crippen molar-refractivity contribution < 1.29 is 37.3 Å². The number of likely N-dealkylation sites (tertiary alicyclic amines) is 1. The largest absolute Gasteiger partial charge is 0.507 e. The van der Waals surface area contributed by atoms with Gasteiger partial charge in [-0.05, 0) is 60.5 Å². The lowest BCUT2D eigenvalue weighted by molar-refractivity contribution is -0.140. The number of ketones is 1. The van der Waals surface area contributed by atoms with E-state index in [9.17, 15) is 27.9 Å². The summed E-state index contributed by atoms with van der Waals surface area (Å²) in [6.07, 6.45) is -4.58. The number of benzene rings is 3. The first-order valence-corrected chi connectivity index (χ1v) is 11.9. The second-order valence-corrected chi connectivity index (χ2v) is 8.88. The number of Topliss-reactive ketones (excluding diaryl/α,β-unsaturated/α-hetero) is 1. The van der Waals surface area contributed by atoms with Gasteiger partial charge in [0.05, 0.1) is 35.9 Å². The van der Waals surface area contributed by atoms with Gasteiger partial charge in [0.15, 0.2) is 0 Å². The molecule has 0 radical (unpaired) electrons. The van der Waals surface area contributed by atoms with Crippen molar-refractivity contribution in [3.63, 3.8) is 0 Å². The lowest BCUT2D eigenvalue weighted by Crippen LogP contribution is -2.29. The van der Waals surface area contributed by atoms with Crippen LogP contribution in [-0.4, -0.2) is 35.4 Å². The zero-order chi connectivity index (χ0) is 27.6. The van der Waals surface area contributed by atoms with Gasteiger partial charge in [0, 0.05) is 12.1 Å². The maximum atomic E-state index is 13.3. The molecule has 4 rings (SSSR count). The van der Waals surface area contributed by atoms with Gasteiger partial charge in [-0.2, -0.15) is 13.2 Å². The molecule has 6 nitrogen and oxygen atoms in total. The van der Waals surface area contributed by atoms with E-state index in [2.05, 4.69) is 0 Å². The highest BCUT2D eigenvalue weighted by atomic mass is 35.5. The summed E-state index contributed by atoms with van der Waals surface area (Å²) in [4.78, 5) is 27.6. The SMILES string of the molecule is CCOc1ccc(Cl)c(/C(O)=C2\C(=O)C(=O)N(Cc3cccc(C(F)(F)F)c3)C2c2ccc(OC)cc2)c1. The highest BCUT2D eigenvalue weighted by Gasteiger charge is 2.46. The topological polar surface area (TPSA) is 76.1 Å². The van der Waals surface area contributed by atoms with Crippen LogP contribution in [0.2, 0.25) is 5.02 Å². The Kier molecular flexibility index (Phi) is 7.68. The van der Waals surface area contributed by atoms with Crippen molar-refractivity contribution in [1.29, 1.82) is 0 Å². The Bertz CT molecular complexity index is 1400. The number of aliphatic hydroxyl groups excluding tert-OH is 1. The van der Waals surface area contributed by atoms with E-state index in [1.54, 1.807) is 37.3 Å². The van der Waals surface area contributed by atoms with Crippen LogP contribution >= 0.6 is 11.6 Å². The minimum Gasteiger partial charge on any atom is -0.507 e. The number of nitrogens with zero attached hydrogens (tertiary/aromatic N) is 1. The third kappa shape index (κ3) is 5.33. The van der Waals surface area contributed by atoms with Crippen LogP contribution in [0.4, 0.5) is 13.2 Å². The number of aliphatic hydroxyl groups is 1. The zero-order valence-corrected chi connectivity index (χ0v) is 21.1. The highest BCUT2D eigenvalue weighted by molar-refractivity contribution is 6.47. The van der Waals surface area contributed by atoms with E-state index in [1.807, 2.05) is 0 Å². The summed E-state index contributed by atoms with van der Waals surface area (Å²) in [5.41, 5.74) is -0.449. The summed E-state index contributed by atoms with van der Waals surface area (Å²) < 4.78 is 50.6. The molecule has 1 atom stereocenters. The van der Waals surface area contributed by atoms with Crippen LogP contribution < -0.4 is 9.47 Å². The monoisotopic (exact) mass is 545 g/mol. The average Bonchev–Trinajstić information content (AvgIpc) is 3.14. The van der Waals surface area contributed by atoms with Gasteiger partial charge >= 0.3 is 6.18 Å². The van der Waals surface area contributed by atoms with Crippen LogP contribution in [0, 0.1) is 0 Å². The van der Waals surface area contributed by atoms with Crippen molar-refractivity contribution in [2.75, 3.05) is 13.7 Å². The van der Waals surface area contributed by atoms with E-state index < -0.39 is 35.2 Å². The maximum Gasteiger partial charge on any atom is 0.416 e. The predicted octanol–water partition coefficient (Wildman–Crippen LogP) is 6.39. The Morgan fingerprint density at radius 1 is 1.03 bits per heavy atom. The second-order valence-electron chi connectivity index (χ2n) is 8.47. The molecule has 198 valence electrons. The second kappa shape index (κ2) is 10.8. The highest BCUT2D eigenvalue weighted by Crippen LogP contribution is 2.42. The fraction of sp³-hybridized carbons (Fsp3) is 0.214. The van der Waals surface area contributed by atoms with E-state index in [0.29, 0.717) is 23.7 Å². The molecule has 1 fully saturated rings.